The fourth-order valence-electron chi connectivity index (χ4n) is 2.98. The highest BCUT2D eigenvalue weighted by molar-refractivity contribution is 5.79. The van der Waals surface area contributed by atoms with Crippen LogP contribution < -0.4 is 0 Å². The first-order valence-electron chi connectivity index (χ1n) is 8.63. The number of carbonyl (C=O) groups is 1. The number of carbonyl (C=O) groups excluding carboxylic acids is 1. The molecule has 3 aromatic rings. The van der Waals surface area contributed by atoms with E-state index < -0.39 is 23.4 Å². The van der Waals surface area contributed by atoms with Crippen molar-refractivity contribution in [1.29, 1.82) is 10.5 Å². The second kappa shape index (κ2) is 8.92. The normalized spacial score (nSPS) is 15.3. The van der Waals surface area contributed by atoms with E-state index in [0.29, 0.717) is 11.8 Å². The highest BCUT2D eigenvalue weighted by Crippen LogP contribution is 2.31. The monoisotopic (exact) mass is 413 g/mol. The molecule has 1 aromatic carbocycles. The Hall–Kier alpha value is -4.12. The van der Waals surface area contributed by atoms with Gasteiger partial charge in [-0.2, -0.15) is 10.5 Å². The van der Waals surface area contributed by atoms with Crippen LogP contribution in [0.15, 0.2) is 37.2 Å². The Kier molecular flexibility index (Phi) is 6.13. The van der Waals surface area contributed by atoms with E-state index in [0.717, 1.165) is 6.07 Å². The third-order valence-electron chi connectivity index (χ3n) is 4.39. The minimum atomic E-state index is -1.25. The van der Waals surface area contributed by atoms with Gasteiger partial charge in [0.25, 0.3) is 0 Å². The summed E-state index contributed by atoms with van der Waals surface area (Å²) in [4.78, 5) is 23.5. The fraction of sp³-hybridized carbons (Fsp3) is 0.211. The van der Waals surface area contributed by atoms with E-state index in [4.69, 9.17) is 10.5 Å². The van der Waals surface area contributed by atoms with Crippen LogP contribution in [0.3, 0.4) is 0 Å². The Labute approximate surface area is 168 Å². The van der Waals surface area contributed by atoms with Crippen LogP contribution in [-0.4, -0.2) is 36.9 Å². The number of aromatic nitrogens is 4. The molecule has 8 nitrogen and oxygen atoms in total. The number of amides is 1. The van der Waals surface area contributed by atoms with Crippen molar-refractivity contribution >= 4 is 5.91 Å². The van der Waals surface area contributed by atoms with E-state index in [1.54, 1.807) is 4.57 Å². The second-order valence-electron chi connectivity index (χ2n) is 6.41. The SMILES string of the molecule is N#Cc1cn(CN2CC(c3cc(F)c(F)cc3F)CC2=O)cn1.N#Cc1cnc[nH]1. The van der Waals surface area contributed by atoms with Crippen LogP contribution in [0, 0.1) is 40.1 Å². The number of H-pyrrole nitrogens is 1. The summed E-state index contributed by atoms with van der Waals surface area (Å²) < 4.78 is 41.7. The number of nitriles is 2. The first-order valence-corrected chi connectivity index (χ1v) is 8.63. The lowest BCUT2D eigenvalue weighted by Gasteiger charge is -2.17. The molecule has 1 amide bonds. The maximum absolute atomic E-state index is 13.8. The smallest absolute Gasteiger partial charge is 0.224 e. The molecule has 4 rings (SSSR count). The second-order valence-corrected chi connectivity index (χ2v) is 6.41. The number of rotatable bonds is 3. The quantitative estimate of drug-likeness (QED) is 0.663. The zero-order valence-corrected chi connectivity index (χ0v) is 15.4. The van der Waals surface area contributed by atoms with Crippen molar-refractivity contribution < 1.29 is 18.0 Å². The van der Waals surface area contributed by atoms with Crippen LogP contribution in [0.1, 0.15) is 29.3 Å². The molecule has 30 heavy (non-hydrogen) atoms. The highest BCUT2D eigenvalue weighted by Gasteiger charge is 2.33. The number of hydrogen-bond acceptors (Lipinski definition) is 5. The molecule has 1 N–H and O–H groups in total. The maximum Gasteiger partial charge on any atom is 0.224 e. The standard InChI is InChI=1S/C15H11F3N4O.C4H3N3/c16-12-3-14(18)13(17)2-11(12)9-1-15(23)22(5-9)8-21-6-10(4-19)20-7-21;5-1-4-2-6-3-7-4/h2-3,6-7,9H,1,5,8H2;2-3H,(H,6,7). The molecule has 11 heteroatoms. The highest BCUT2D eigenvalue weighted by atomic mass is 19.2. The molecule has 0 radical (unpaired) electrons. The van der Waals surface area contributed by atoms with Crippen molar-refractivity contribution in [3.8, 4) is 12.1 Å². The van der Waals surface area contributed by atoms with Gasteiger partial charge in [-0.1, -0.05) is 0 Å². The minimum Gasteiger partial charge on any atom is -0.336 e. The van der Waals surface area contributed by atoms with Crippen molar-refractivity contribution in [1.82, 2.24) is 24.4 Å². The minimum absolute atomic E-state index is 0.0110. The molecule has 0 spiro atoms. The zero-order valence-electron chi connectivity index (χ0n) is 15.4. The number of likely N-dealkylation sites (tertiary alicyclic amines) is 1. The Bertz CT molecular complexity index is 1130. The lowest BCUT2D eigenvalue weighted by atomic mass is 9.97. The number of aromatic amines is 1. The lowest BCUT2D eigenvalue weighted by molar-refractivity contribution is -0.129. The van der Waals surface area contributed by atoms with Crippen LogP contribution in [0.25, 0.3) is 0 Å². The van der Waals surface area contributed by atoms with E-state index in [9.17, 15) is 18.0 Å². The van der Waals surface area contributed by atoms with Gasteiger partial charge in [-0.3, -0.25) is 4.79 Å². The molecule has 152 valence electrons. The van der Waals surface area contributed by atoms with E-state index >= 15 is 0 Å². The van der Waals surface area contributed by atoms with Crippen LogP contribution in [-0.2, 0) is 11.5 Å². The largest absolute Gasteiger partial charge is 0.336 e. The van der Waals surface area contributed by atoms with Gasteiger partial charge < -0.3 is 14.5 Å². The number of halogens is 3. The van der Waals surface area contributed by atoms with Crippen molar-refractivity contribution in [2.45, 2.75) is 19.0 Å². The van der Waals surface area contributed by atoms with Gasteiger partial charge in [0.2, 0.25) is 5.91 Å². The Morgan fingerprint density at radius 1 is 1.17 bits per heavy atom. The third-order valence-corrected chi connectivity index (χ3v) is 4.39. The summed E-state index contributed by atoms with van der Waals surface area (Å²) >= 11 is 0. The Morgan fingerprint density at radius 2 is 1.93 bits per heavy atom. The van der Waals surface area contributed by atoms with Gasteiger partial charge in [0.15, 0.2) is 17.3 Å². The summed E-state index contributed by atoms with van der Waals surface area (Å²) in [6.45, 7) is 0.343. The molecule has 2 aromatic heterocycles. The average molecular weight is 413 g/mol. The molecule has 1 atom stereocenters. The van der Waals surface area contributed by atoms with Gasteiger partial charge in [-0.05, 0) is 11.6 Å². The molecular formula is C19H14F3N7O. The van der Waals surface area contributed by atoms with Crippen LogP contribution >= 0.6 is 0 Å². The first-order chi connectivity index (χ1) is 14.4. The van der Waals surface area contributed by atoms with Crippen LogP contribution in [0.5, 0.6) is 0 Å². The first kappa shape index (κ1) is 20.6. The third kappa shape index (κ3) is 4.64. The van der Waals surface area contributed by atoms with E-state index in [1.807, 2.05) is 12.1 Å². The molecule has 1 aliphatic rings. The number of imidazole rings is 2. The van der Waals surface area contributed by atoms with E-state index in [2.05, 4.69) is 15.0 Å². The van der Waals surface area contributed by atoms with Gasteiger partial charge in [-0.25, -0.2) is 23.1 Å². The van der Waals surface area contributed by atoms with Crippen LogP contribution in [0.4, 0.5) is 13.2 Å². The van der Waals surface area contributed by atoms with Crippen molar-refractivity contribution in [3.63, 3.8) is 0 Å². The number of hydrogen-bond donors (Lipinski definition) is 1. The Balaban J connectivity index is 0.000000310. The Morgan fingerprint density at radius 3 is 2.53 bits per heavy atom. The molecule has 1 unspecified atom stereocenters. The lowest BCUT2D eigenvalue weighted by Crippen LogP contribution is -2.27. The summed E-state index contributed by atoms with van der Waals surface area (Å²) in [7, 11) is 0. The summed E-state index contributed by atoms with van der Waals surface area (Å²) in [5, 5.41) is 16.8. The molecule has 1 saturated heterocycles. The summed E-state index contributed by atoms with van der Waals surface area (Å²) in [5.41, 5.74) is 0.711. The molecule has 1 fully saturated rings. The molecule has 0 saturated carbocycles. The summed E-state index contributed by atoms with van der Waals surface area (Å²) in [6, 6.07) is 5.06. The molecular weight excluding hydrogens is 399 g/mol. The van der Waals surface area contributed by atoms with Gasteiger partial charge in [0.1, 0.15) is 23.6 Å². The number of nitrogens with zero attached hydrogens (tertiary/aromatic N) is 6. The summed E-state index contributed by atoms with van der Waals surface area (Å²) in [5.74, 6) is -4.03. The van der Waals surface area contributed by atoms with Crippen molar-refractivity contribution in [2.75, 3.05) is 6.54 Å². The van der Waals surface area contributed by atoms with Gasteiger partial charge in [0, 0.05) is 31.1 Å². The van der Waals surface area contributed by atoms with Gasteiger partial charge >= 0.3 is 0 Å². The molecule has 1 aliphatic heterocycles. The average Bonchev–Trinajstić information content (AvgIpc) is 3.47. The predicted molar refractivity (Wildman–Crippen MR) is 95.6 cm³/mol. The maximum atomic E-state index is 13.8. The zero-order chi connectivity index (χ0) is 21.7. The topological polar surface area (TPSA) is 114 Å². The number of benzene rings is 1. The van der Waals surface area contributed by atoms with E-state index in [-0.39, 0.29) is 36.8 Å². The van der Waals surface area contributed by atoms with Crippen molar-refractivity contribution in [3.05, 3.63) is 71.6 Å². The number of nitrogens with one attached hydrogen (secondary N) is 1. The summed E-state index contributed by atoms with van der Waals surface area (Å²) in [6.07, 6.45) is 5.86. The molecule has 3 heterocycles. The van der Waals surface area contributed by atoms with Gasteiger partial charge in [-0.15, -0.1) is 0 Å². The van der Waals surface area contributed by atoms with E-state index in [1.165, 1.54) is 29.9 Å². The van der Waals surface area contributed by atoms with Crippen molar-refractivity contribution in [2.24, 2.45) is 0 Å². The predicted octanol–water partition coefficient (Wildman–Crippen LogP) is 2.43. The van der Waals surface area contributed by atoms with Crippen LogP contribution in [0.2, 0.25) is 0 Å². The molecule has 0 aliphatic carbocycles. The molecule has 0 bridgehead atoms. The van der Waals surface area contributed by atoms with Gasteiger partial charge in [0.05, 0.1) is 25.5 Å². The fourth-order valence-corrected chi connectivity index (χ4v) is 2.98.